The van der Waals surface area contributed by atoms with E-state index >= 15 is 0 Å². The first-order valence-corrected chi connectivity index (χ1v) is 10.5. The molecule has 0 bridgehead atoms. The van der Waals surface area contributed by atoms with Crippen molar-refractivity contribution in [3.8, 4) is 17.1 Å². The number of aromatic nitrogens is 5. The first-order valence-electron chi connectivity index (χ1n) is 10.5. The largest absolute Gasteiger partial charge is 0.377 e. The number of morpholine rings is 1. The third-order valence-corrected chi connectivity index (χ3v) is 5.63. The van der Waals surface area contributed by atoms with Crippen LogP contribution < -0.4 is 0 Å². The maximum Gasteiger partial charge on any atom is 0.256 e. The lowest BCUT2D eigenvalue weighted by Gasteiger charge is -2.36. The second-order valence-corrected chi connectivity index (χ2v) is 7.83. The third-order valence-electron chi connectivity index (χ3n) is 5.63. The zero-order valence-corrected chi connectivity index (χ0v) is 17.9. The number of nitrogens with zero attached hydrogens (tertiary/aromatic N) is 6. The van der Waals surface area contributed by atoms with E-state index in [0.717, 1.165) is 5.56 Å². The average Bonchev–Trinajstić information content (AvgIpc) is 3.55. The molecule has 1 saturated heterocycles. The van der Waals surface area contributed by atoms with Crippen LogP contribution in [0.5, 0.6) is 0 Å². The number of carbonyl (C=O) groups is 1. The fraction of sp³-hybridized carbons (Fsp3) is 0.261. The smallest absolute Gasteiger partial charge is 0.256 e. The Kier molecular flexibility index (Phi) is 5.66. The summed E-state index contributed by atoms with van der Waals surface area (Å²) in [6.07, 6.45) is 4.63. The first kappa shape index (κ1) is 21.0. The van der Waals surface area contributed by atoms with Gasteiger partial charge in [-0.05, 0) is 49.2 Å². The van der Waals surface area contributed by atoms with Crippen molar-refractivity contribution in [2.24, 2.45) is 0 Å². The number of ether oxygens (including phenoxy) is 1. The third kappa shape index (κ3) is 4.24. The normalized spacial score (nSPS) is 16.2. The molecule has 2 aromatic carbocycles. The van der Waals surface area contributed by atoms with Gasteiger partial charge >= 0.3 is 0 Å². The van der Waals surface area contributed by atoms with Gasteiger partial charge in [-0.2, -0.15) is 20.0 Å². The molecule has 33 heavy (non-hydrogen) atoms. The minimum atomic E-state index is -0.364. The SMILES string of the molecule is Cc1ccc(-n2nccn2)c(C(=O)N2CCOCC2Cc2cc(-c3ncon3)ccc2F)c1. The van der Waals surface area contributed by atoms with Gasteiger partial charge in [0.15, 0.2) is 0 Å². The molecule has 0 aliphatic carbocycles. The molecule has 168 valence electrons. The standard InChI is InChI=1S/C23H21FN6O3/c1-15-2-5-21(30-26-6-7-27-30)19(10-15)23(31)29-8-9-32-13-18(29)12-17-11-16(3-4-20(17)24)22-25-14-33-28-22/h2-7,10-11,14,18H,8-9,12-13H2,1H3. The molecular formula is C23H21FN6O3. The first-order chi connectivity index (χ1) is 16.1. The lowest BCUT2D eigenvalue weighted by atomic mass is 9.99. The van der Waals surface area contributed by atoms with Crippen LogP contribution >= 0.6 is 0 Å². The van der Waals surface area contributed by atoms with Crippen molar-refractivity contribution >= 4 is 5.91 Å². The van der Waals surface area contributed by atoms with Gasteiger partial charge in [0.2, 0.25) is 12.2 Å². The summed E-state index contributed by atoms with van der Waals surface area (Å²) in [4.78, 5) is 20.9. The van der Waals surface area contributed by atoms with E-state index in [0.29, 0.717) is 48.0 Å². The van der Waals surface area contributed by atoms with Crippen molar-refractivity contribution in [2.75, 3.05) is 19.8 Å². The van der Waals surface area contributed by atoms with Crippen molar-refractivity contribution in [1.82, 2.24) is 30.0 Å². The van der Waals surface area contributed by atoms with E-state index in [2.05, 4.69) is 20.3 Å². The number of rotatable bonds is 5. The molecule has 4 aromatic rings. The van der Waals surface area contributed by atoms with Crippen molar-refractivity contribution in [3.05, 3.63) is 77.7 Å². The molecule has 1 aliphatic heterocycles. The molecule has 1 unspecified atom stereocenters. The molecule has 0 radical (unpaired) electrons. The lowest BCUT2D eigenvalue weighted by molar-refractivity contribution is -0.00185. The van der Waals surface area contributed by atoms with Gasteiger partial charge in [0.05, 0.1) is 42.9 Å². The monoisotopic (exact) mass is 448 g/mol. The van der Waals surface area contributed by atoms with E-state index in [4.69, 9.17) is 9.26 Å². The molecule has 5 rings (SSSR count). The number of carbonyl (C=O) groups excluding carboxylic acids is 1. The van der Waals surface area contributed by atoms with Gasteiger partial charge in [-0.3, -0.25) is 4.79 Å². The molecule has 0 spiro atoms. The Morgan fingerprint density at radius 1 is 1.18 bits per heavy atom. The molecule has 9 nitrogen and oxygen atoms in total. The van der Waals surface area contributed by atoms with Crippen molar-refractivity contribution < 1.29 is 18.4 Å². The Bertz CT molecular complexity index is 1260. The summed E-state index contributed by atoms with van der Waals surface area (Å²) in [5.74, 6) is -0.161. The molecule has 1 fully saturated rings. The van der Waals surface area contributed by atoms with Gasteiger partial charge in [0.25, 0.3) is 5.91 Å². The summed E-state index contributed by atoms with van der Waals surface area (Å²) >= 11 is 0. The number of hydrogen-bond acceptors (Lipinski definition) is 7. The van der Waals surface area contributed by atoms with Gasteiger partial charge in [0.1, 0.15) is 5.82 Å². The van der Waals surface area contributed by atoms with Crippen LogP contribution in [0.15, 0.2) is 59.7 Å². The van der Waals surface area contributed by atoms with E-state index in [-0.39, 0.29) is 24.2 Å². The summed E-state index contributed by atoms with van der Waals surface area (Å²) < 4.78 is 25.1. The molecular weight excluding hydrogens is 427 g/mol. The highest BCUT2D eigenvalue weighted by atomic mass is 19.1. The average molecular weight is 448 g/mol. The maximum absolute atomic E-state index is 14.7. The summed E-state index contributed by atoms with van der Waals surface area (Å²) in [5, 5.41) is 12.2. The van der Waals surface area contributed by atoms with Crippen LogP contribution in [0.4, 0.5) is 4.39 Å². The van der Waals surface area contributed by atoms with Crippen LogP contribution in [0.1, 0.15) is 21.5 Å². The van der Waals surface area contributed by atoms with Crippen molar-refractivity contribution in [3.63, 3.8) is 0 Å². The molecule has 2 aromatic heterocycles. The molecule has 1 amide bonds. The van der Waals surface area contributed by atoms with Crippen molar-refractivity contribution in [2.45, 2.75) is 19.4 Å². The molecule has 10 heteroatoms. The molecule has 1 atom stereocenters. The number of hydrogen-bond donors (Lipinski definition) is 0. The fourth-order valence-electron chi connectivity index (χ4n) is 4.00. The van der Waals surface area contributed by atoms with Crippen LogP contribution in [-0.4, -0.2) is 61.7 Å². The molecule has 1 aliphatic rings. The lowest BCUT2D eigenvalue weighted by Crippen LogP contribution is -2.50. The Labute approximate surface area is 188 Å². The van der Waals surface area contributed by atoms with E-state index in [1.54, 1.807) is 29.4 Å². The van der Waals surface area contributed by atoms with Gasteiger partial charge in [0, 0.05) is 12.1 Å². The Morgan fingerprint density at radius 3 is 2.82 bits per heavy atom. The molecule has 0 N–H and O–H groups in total. The molecule has 3 heterocycles. The van der Waals surface area contributed by atoms with E-state index in [1.165, 1.54) is 17.3 Å². The van der Waals surface area contributed by atoms with Crippen LogP contribution in [0.25, 0.3) is 17.1 Å². The number of halogens is 1. The minimum absolute atomic E-state index is 0.172. The summed E-state index contributed by atoms with van der Waals surface area (Å²) in [7, 11) is 0. The highest BCUT2D eigenvalue weighted by molar-refractivity contribution is 5.98. The predicted molar refractivity (Wildman–Crippen MR) is 115 cm³/mol. The number of aryl methyl sites for hydroxylation is 1. The van der Waals surface area contributed by atoms with E-state index in [1.807, 2.05) is 25.1 Å². The van der Waals surface area contributed by atoms with Gasteiger partial charge in [-0.15, -0.1) is 0 Å². The van der Waals surface area contributed by atoms with Gasteiger partial charge in [-0.25, -0.2) is 4.39 Å². The Balaban J connectivity index is 1.46. The van der Waals surface area contributed by atoms with Crippen LogP contribution in [0, 0.1) is 12.7 Å². The predicted octanol–water partition coefficient (Wildman–Crippen LogP) is 2.85. The maximum atomic E-state index is 14.7. The van der Waals surface area contributed by atoms with Crippen LogP contribution in [0.2, 0.25) is 0 Å². The second kappa shape index (κ2) is 8.91. The Hall–Kier alpha value is -3.92. The zero-order valence-electron chi connectivity index (χ0n) is 17.9. The van der Waals surface area contributed by atoms with Crippen LogP contribution in [0.3, 0.4) is 0 Å². The van der Waals surface area contributed by atoms with Gasteiger partial charge in [-0.1, -0.05) is 16.8 Å². The van der Waals surface area contributed by atoms with Gasteiger partial charge < -0.3 is 14.2 Å². The summed E-state index contributed by atoms with van der Waals surface area (Å²) in [5.41, 5.74) is 3.10. The highest BCUT2D eigenvalue weighted by Crippen LogP contribution is 2.24. The molecule has 0 saturated carbocycles. The van der Waals surface area contributed by atoms with E-state index in [9.17, 15) is 9.18 Å². The minimum Gasteiger partial charge on any atom is -0.377 e. The summed E-state index contributed by atoms with van der Waals surface area (Å²) in [6, 6.07) is 9.87. The van der Waals surface area contributed by atoms with E-state index < -0.39 is 0 Å². The second-order valence-electron chi connectivity index (χ2n) is 7.83. The van der Waals surface area contributed by atoms with Crippen molar-refractivity contribution in [1.29, 1.82) is 0 Å². The zero-order chi connectivity index (χ0) is 22.8. The number of amides is 1. The fourth-order valence-corrected chi connectivity index (χ4v) is 4.00. The number of benzene rings is 2. The highest BCUT2D eigenvalue weighted by Gasteiger charge is 2.31. The quantitative estimate of drug-likeness (QED) is 0.463. The van der Waals surface area contributed by atoms with Crippen LogP contribution in [-0.2, 0) is 11.2 Å². The topological polar surface area (TPSA) is 99.2 Å². The Morgan fingerprint density at radius 2 is 2.03 bits per heavy atom. The summed E-state index contributed by atoms with van der Waals surface area (Å²) in [6.45, 7) is 3.04.